The fraction of sp³-hybridized carbons (Fsp3) is 0.182. The average molecular weight is 208 g/mol. The first kappa shape index (κ1) is 9.33. The number of fused-ring (bicyclic) bond motifs is 3. The van der Waals surface area contributed by atoms with Gasteiger partial charge in [-0.15, -0.1) is 10.2 Å². The van der Waals surface area contributed by atoms with Crippen LogP contribution < -0.4 is 0 Å². The summed E-state index contributed by atoms with van der Waals surface area (Å²) in [5.74, 6) is 0.710. The molecular weight excluding hydrogens is 199 g/mol. The van der Waals surface area contributed by atoms with Crippen molar-refractivity contribution in [2.45, 2.75) is 13.3 Å². The van der Waals surface area contributed by atoms with E-state index >= 15 is 0 Å². The Labute approximate surface area is 93.7 Å². The topological polar surface area (TPSA) is 43.6 Å². The van der Waals surface area contributed by atoms with E-state index in [0.717, 1.165) is 22.8 Å². The molecule has 76 valence electrons. The van der Waals surface area contributed by atoms with Crippen molar-refractivity contribution in [3.05, 3.63) is 30.1 Å². The van der Waals surface area contributed by atoms with Crippen molar-refractivity contribution < 1.29 is 0 Å². The molecule has 0 amide bonds. The first-order valence-electron chi connectivity index (χ1n) is 5.19. The normalized spacial score (nSPS) is 11.3. The molecule has 3 aromatic rings. The van der Waals surface area contributed by atoms with Gasteiger partial charge in [-0.05, 0) is 6.07 Å². The Kier molecular flexibility index (Phi) is 1.92. The Hall–Kier alpha value is -1.91. The van der Waals surface area contributed by atoms with Gasteiger partial charge in [-0.25, -0.2) is 4.98 Å². The first-order valence-corrected chi connectivity index (χ1v) is 5.19. The molecule has 0 aliphatic rings. The van der Waals surface area contributed by atoms with Crippen molar-refractivity contribution in [3.8, 4) is 0 Å². The Morgan fingerprint density at radius 3 is 2.88 bits per heavy atom. The highest BCUT2D eigenvalue weighted by Crippen LogP contribution is 2.23. The molecule has 5 heteroatoms. The van der Waals surface area contributed by atoms with Crippen molar-refractivity contribution in [1.82, 2.24) is 19.7 Å². The monoisotopic (exact) mass is 208 g/mol. The maximum absolute atomic E-state index is 5.98. The Morgan fingerprint density at radius 1 is 1.25 bits per heavy atom. The van der Waals surface area contributed by atoms with Gasteiger partial charge < -0.3 is 4.48 Å². The maximum atomic E-state index is 5.98. The van der Waals surface area contributed by atoms with Gasteiger partial charge in [0.15, 0.2) is 11.5 Å². The average Bonchev–Trinajstić information content (AvgIpc) is 2.64. The second-order valence-electron chi connectivity index (χ2n) is 3.64. The summed E-state index contributed by atoms with van der Waals surface area (Å²) < 4.78 is 1.57. The Balaban J connectivity index is 2.51. The fourth-order valence-corrected chi connectivity index (χ4v) is 1.84. The SMILES string of the molecule is [B]n1c2ccccc2c2nnc(CC)nc21. The summed E-state index contributed by atoms with van der Waals surface area (Å²) >= 11 is 0. The number of para-hydroxylation sites is 1. The van der Waals surface area contributed by atoms with Crippen LogP contribution in [0, 0.1) is 0 Å². The molecule has 0 bridgehead atoms. The van der Waals surface area contributed by atoms with Crippen molar-refractivity contribution in [2.75, 3.05) is 0 Å². The molecule has 0 spiro atoms. The van der Waals surface area contributed by atoms with E-state index in [1.54, 1.807) is 4.48 Å². The molecule has 0 aliphatic heterocycles. The lowest BCUT2D eigenvalue weighted by Gasteiger charge is -1.97. The molecular formula is C11H9BN4. The highest BCUT2D eigenvalue weighted by Gasteiger charge is 2.10. The van der Waals surface area contributed by atoms with Gasteiger partial charge in [0.1, 0.15) is 5.52 Å². The van der Waals surface area contributed by atoms with Crippen molar-refractivity contribution in [1.29, 1.82) is 0 Å². The van der Waals surface area contributed by atoms with Gasteiger partial charge >= 0.3 is 0 Å². The molecule has 0 saturated carbocycles. The van der Waals surface area contributed by atoms with Gasteiger partial charge in [0.2, 0.25) is 7.98 Å². The van der Waals surface area contributed by atoms with E-state index in [9.17, 15) is 0 Å². The largest absolute Gasteiger partial charge is 0.381 e. The number of benzene rings is 1. The predicted octanol–water partition coefficient (Wildman–Crippen LogP) is 1.47. The number of rotatable bonds is 1. The first-order chi connectivity index (χ1) is 7.81. The van der Waals surface area contributed by atoms with E-state index in [0.29, 0.717) is 11.5 Å². The van der Waals surface area contributed by atoms with Crippen LogP contribution in [0.2, 0.25) is 0 Å². The van der Waals surface area contributed by atoms with Gasteiger partial charge in [-0.1, -0.05) is 25.1 Å². The van der Waals surface area contributed by atoms with Crippen LogP contribution in [0.1, 0.15) is 12.7 Å². The van der Waals surface area contributed by atoms with Gasteiger partial charge in [0.05, 0.1) is 0 Å². The molecule has 0 saturated heterocycles. The van der Waals surface area contributed by atoms with Crippen molar-refractivity contribution >= 4 is 30.0 Å². The van der Waals surface area contributed by atoms with E-state index in [1.807, 2.05) is 31.2 Å². The van der Waals surface area contributed by atoms with E-state index < -0.39 is 0 Å². The summed E-state index contributed by atoms with van der Waals surface area (Å²) in [4.78, 5) is 4.39. The fourth-order valence-electron chi connectivity index (χ4n) is 1.84. The van der Waals surface area contributed by atoms with Crippen LogP contribution in [0.5, 0.6) is 0 Å². The molecule has 2 radical (unpaired) electrons. The van der Waals surface area contributed by atoms with E-state index in [2.05, 4.69) is 15.2 Å². The number of hydrogen-bond donors (Lipinski definition) is 0. The van der Waals surface area contributed by atoms with E-state index in [-0.39, 0.29) is 0 Å². The van der Waals surface area contributed by atoms with Crippen LogP contribution in [0.15, 0.2) is 24.3 Å². The minimum absolute atomic E-state index is 0.688. The summed E-state index contributed by atoms with van der Waals surface area (Å²) in [5.41, 5.74) is 2.37. The van der Waals surface area contributed by atoms with Gasteiger partial charge in [-0.3, -0.25) is 0 Å². The molecule has 0 N–H and O–H groups in total. The van der Waals surface area contributed by atoms with Crippen LogP contribution in [-0.2, 0) is 6.42 Å². The number of aromatic nitrogens is 4. The lowest BCUT2D eigenvalue weighted by molar-refractivity contribution is 0.876. The number of aryl methyl sites for hydroxylation is 1. The van der Waals surface area contributed by atoms with Crippen LogP contribution >= 0.6 is 0 Å². The zero-order valence-electron chi connectivity index (χ0n) is 8.88. The highest BCUT2D eigenvalue weighted by atomic mass is 15.2. The molecule has 4 nitrogen and oxygen atoms in total. The van der Waals surface area contributed by atoms with Crippen LogP contribution in [0.3, 0.4) is 0 Å². The lowest BCUT2D eigenvalue weighted by atomic mass is 10.2. The molecule has 0 atom stereocenters. The standard InChI is InChI=1S/C11H9BN4/c1-2-9-13-11-10(15-14-9)7-5-3-4-6-8(7)16(11)12/h3-6H,2H2,1H3. The predicted molar refractivity (Wildman–Crippen MR) is 63.4 cm³/mol. The smallest absolute Gasteiger partial charge is 0.236 e. The highest BCUT2D eigenvalue weighted by molar-refractivity contribution is 6.19. The molecule has 3 rings (SSSR count). The minimum Gasteiger partial charge on any atom is -0.381 e. The molecule has 2 heterocycles. The summed E-state index contributed by atoms with van der Waals surface area (Å²) in [5, 5.41) is 9.24. The quantitative estimate of drug-likeness (QED) is 0.568. The summed E-state index contributed by atoms with van der Waals surface area (Å²) in [6, 6.07) is 7.82. The molecule has 0 aliphatic carbocycles. The van der Waals surface area contributed by atoms with Crippen LogP contribution in [-0.4, -0.2) is 27.6 Å². The van der Waals surface area contributed by atoms with Crippen LogP contribution in [0.4, 0.5) is 0 Å². The van der Waals surface area contributed by atoms with Crippen molar-refractivity contribution in [2.24, 2.45) is 0 Å². The zero-order valence-corrected chi connectivity index (χ0v) is 8.88. The maximum Gasteiger partial charge on any atom is 0.236 e. The lowest BCUT2D eigenvalue weighted by Crippen LogP contribution is -1.99. The molecule has 1 aromatic carbocycles. The van der Waals surface area contributed by atoms with Crippen LogP contribution in [0.25, 0.3) is 22.1 Å². The van der Waals surface area contributed by atoms with E-state index in [1.165, 1.54) is 0 Å². The molecule has 0 unspecified atom stereocenters. The second-order valence-corrected chi connectivity index (χ2v) is 3.64. The third-order valence-electron chi connectivity index (χ3n) is 2.68. The number of hydrogen-bond acceptors (Lipinski definition) is 3. The minimum atomic E-state index is 0.688. The van der Waals surface area contributed by atoms with Gasteiger partial charge in [-0.2, -0.15) is 0 Å². The molecule has 0 fully saturated rings. The zero-order chi connectivity index (χ0) is 11.1. The summed E-state index contributed by atoms with van der Waals surface area (Å²) in [6.45, 7) is 1.99. The second kappa shape index (κ2) is 3.30. The number of nitrogens with zero attached hydrogens (tertiary/aromatic N) is 4. The Bertz CT molecular complexity index is 674. The summed E-state index contributed by atoms with van der Waals surface area (Å²) in [7, 11) is 5.98. The third kappa shape index (κ3) is 1.14. The van der Waals surface area contributed by atoms with Gasteiger partial charge in [0.25, 0.3) is 0 Å². The third-order valence-corrected chi connectivity index (χ3v) is 2.68. The molecule has 16 heavy (non-hydrogen) atoms. The van der Waals surface area contributed by atoms with Gasteiger partial charge in [0, 0.05) is 17.3 Å². The Morgan fingerprint density at radius 2 is 2.06 bits per heavy atom. The van der Waals surface area contributed by atoms with Crippen molar-refractivity contribution in [3.63, 3.8) is 0 Å². The van der Waals surface area contributed by atoms with E-state index in [4.69, 9.17) is 7.98 Å². The summed E-state index contributed by atoms with van der Waals surface area (Å²) in [6.07, 6.45) is 0.754. The molecule has 2 aromatic heterocycles.